The molecule has 1 aliphatic heterocycles. The Morgan fingerprint density at radius 1 is 1.03 bits per heavy atom. The molecule has 2 aromatic heterocycles. The molecule has 1 aliphatic rings. The monoisotopic (exact) mass is 448 g/mol. The van der Waals surface area contributed by atoms with Gasteiger partial charge in [-0.1, -0.05) is 41.9 Å². The molecule has 5 rings (SSSR count). The molecule has 1 fully saturated rings. The third kappa shape index (κ3) is 4.59. The van der Waals surface area contributed by atoms with Crippen LogP contribution in [0.1, 0.15) is 34.7 Å². The summed E-state index contributed by atoms with van der Waals surface area (Å²) in [5.74, 6) is 2.17. The fourth-order valence-corrected chi connectivity index (χ4v) is 4.50. The van der Waals surface area contributed by atoms with Crippen molar-refractivity contribution in [2.24, 2.45) is 5.92 Å². The van der Waals surface area contributed by atoms with Crippen LogP contribution in [0, 0.1) is 5.92 Å². The molecule has 0 saturated carbocycles. The van der Waals surface area contributed by atoms with Crippen LogP contribution < -0.4 is 10.6 Å². The molecule has 3 heterocycles. The molecule has 0 spiro atoms. The Kier molecular flexibility index (Phi) is 6.02. The Morgan fingerprint density at radius 3 is 2.66 bits per heavy atom. The molecule has 0 aliphatic carbocycles. The summed E-state index contributed by atoms with van der Waals surface area (Å²) < 4.78 is 12.0. The zero-order chi connectivity index (χ0) is 21.9. The number of amides is 1. The van der Waals surface area contributed by atoms with E-state index < -0.39 is 0 Å². The van der Waals surface area contributed by atoms with Crippen LogP contribution in [0.4, 0.5) is 0 Å². The first-order chi connectivity index (χ1) is 15.7. The summed E-state index contributed by atoms with van der Waals surface area (Å²) in [5.41, 5.74) is 2.71. The van der Waals surface area contributed by atoms with Gasteiger partial charge in [-0.2, -0.15) is 0 Å². The van der Waals surface area contributed by atoms with Crippen molar-refractivity contribution in [3.8, 4) is 11.3 Å². The van der Waals surface area contributed by atoms with Gasteiger partial charge < -0.3 is 19.5 Å². The number of piperidine rings is 1. The standard InChI is InChI=1S/C26H25ClN2O3/c27-21-12-19(25-20(13-21)15-24(32-25)18-4-2-1-3-5-18)14-22-6-7-23(31-22)26(30)29-16-17-8-10-28-11-9-17/h1-7,12-13,15,17,28H,8-11,14,16H2,(H,29,30). The van der Waals surface area contributed by atoms with Gasteiger partial charge in [-0.15, -0.1) is 0 Å². The summed E-state index contributed by atoms with van der Waals surface area (Å²) in [6.45, 7) is 2.71. The summed E-state index contributed by atoms with van der Waals surface area (Å²) in [6.07, 6.45) is 2.66. The van der Waals surface area contributed by atoms with Crippen LogP contribution in [0.2, 0.25) is 5.02 Å². The molecule has 1 saturated heterocycles. The summed E-state index contributed by atoms with van der Waals surface area (Å²) >= 11 is 6.38. The summed E-state index contributed by atoms with van der Waals surface area (Å²) in [5, 5.41) is 7.93. The van der Waals surface area contributed by atoms with Crippen molar-refractivity contribution in [1.82, 2.24) is 10.6 Å². The smallest absolute Gasteiger partial charge is 0.287 e. The quantitative estimate of drug-likeness (QED) is 0.399. The zero-order valence-electron chi connectivity index (χ0n) is 17.7. The van der Waals surface area contributed by atoms with Gasteiger partial charge in [0.05, 0.1) is 0 Å². The van der Waals surface area contributed by atoms with Crippen molar-refractivity contribution >= 4 is 28.5 Å². The molecule has 6 heteroatoms. The Labute approximate surface area is 191 Å². The average molecular weight is 449 g/mol. The van der Waals surface area contributed by atoms with Crippen molar-refractivity contribution in [1.29, 1.82) is 0 Å². The highest BCUT2D eigenvalue weighted by Gasteiger charge is 2.18. The number of carbonyl (C=O) groups is 1. The third-order valence-corrected chi connectivity index (χ3v) is 6.19. The second-order valence-electron chi connectivity index (χ2n) is 8.31. The van der Waals surface area contributed by atoms with Crippen molar-refractivity contribution in [3.63, 3.8) is 0 Å². The van der Waals surface area contributed by atoms with Gasteiger partial charge in [0, 0.05) is 34.5 Å². The number of benzene rings is 2. The number of fused-ring (bicyclic) bond motifs is 1. The van der Waals surface area contributed by atoms with Crippen LogP contribution in [0.25, 0.3) is 22.3 Å². The molecule has 4 aromatic rings. The third-order valence-electron chi connectivity index (χ3n) is 5.98. The number of carbonyl (C=O) groups excluding carboxylic acids is 1. The number of halogens is 1. The molecule has 5 nitrogen and oxygen atoms in total. The van der Waals surface area contributed by atoms with Crippen molar-refractivity contribution in [2.45, 2.75) is 19.3 Å². The summed E-state index contributed by atoms with van der Waals surface area (Å²) in [7, 11) is 0. The fraction of sp³-hybridized carbons (Fsp3) is 0.269. The Hall–Kier alpha value is -3.02. The van der Waals surface area contributed by atoms with E-state index in [-0.39, 0.29) is 5.91 Å². The molecule has 2 N–H and O–H groups in total. The van der Waals surface area contributed by atoms with E-state index in [0.717, 1.165) is 53.8 Å². The minimum Gasteiger partial charge on any atom is -0.456 e. The molecule has 0 bridgehead atoms. The first-order valence-corrected chi connectivity index (χ1v) is 11.4. The lowest BCUT2D eigenvalue weighted by Crippen LogP contribution is -2.35. The van der Waals surface area contributed by atoms with E-state index in [1.165, 1.54) is 0 Å². The molecule has 0 unspecified atom stereocenters. The van der Waals surface area contributed by atoms with E-state index in [9.17, 15) is 4.79 Å². The van der Waals surface area contributed by atoms with E-state index in [1.807, 2.05) is 54.6 Å². The highest BCUT2D eigenvalue weighted by Crippen LogP contribution is 2.33. The van der Waals surface area contributed by atoms with E-state index in [0.29, 0.717) is 35.4 Å². The van der Waals surface area contributed by atoms with Gasteiger partial charge in [-0.05, 0) is 62.2 Å². The second-order valence-corrected chi connectivity index (χ2v) is 8.74. The van der Waals surface area contributed by atoms with Crippen molar-refractivity contribution < 1.29 is 13.6 Å². The number of rotatable bonds is 6. The molecule has 164 valence electrons. The van der Waals surface area contributed by atoms with Gasteiger partial charge >= 0.3 is 0 Å². The summed E-state index contributed by atoms with van der Waals surface area (Å²) in [4.78, 5) is 12.5. The van der Waals surface area contributed by atoms with Crippen LogP contribution in [-0.4, -0.2) is 25.5 Å². The first-order valence-electron chi connectivity index (χ1n) is 11.0. The van der Waals surface area contributed by atoms with Crippen LogP contribution >= 0.6 is 11.6 Å². The fourth-order valence-electron chi connectivity index (χ4n) is 4.25. The number of furan rings is 2. The largest absolute Gasteiger partial charge is 0.456 e. The van der Waals surface area contributed by atoms with Gasteiger partial charge in [0.1, 0.15) is 17.1 Å². The van der Waals surface area contributed by atoms with Crippen molar-refractivity contribution in [3.05, 3.63) is 82.8 Å². The zero-order valence-corrected chi connectivity index (χ0v) is 18.5. The van der Waals surface area contributed by atoms with Gasteiger partial charge in [-0.3, -0.25) is 4.79 Å². The number of hydrogen-bond donors (Lipinski definition) is 2. The van der Waals surface area contributed by atoms with Crippen LogP contribution in [0.5, 0.6) is 0 Å². The maximum atomic E-state index is 12.5. The minimum atomic E-state index is -0.171. The lowest BCUT2D eigenvalue weighted by Gasteiger charge is -2.22. The topological polar surface area (TPSA) is 67.4 Å². The van der Waals surface area contributed by atoms with Gasteiger partial charge in [0.2, 0.25) is 0 Å². The van der Waals surface area contributed by atoms with E-state index >= 15 is 0 Å². The van der Waals surface area contributed by atoms with E-state index in [4.69, 9.17) is 20.4 Å². The first kappa shape index (κ1) is 20.9. The van der Waals surface area contributed by atoms with Gasteiger partial charge in [0.15, 0.2) is 5.76 Å². The maximum absolute atomic E-state index is 12.5. The molecule has 2 aromatic carbocycles. The van der Waals surface area contributed by atoms with Gasteiger partial charge in [0.25, 0.3) is 5.91 Å². The normalized spacial score (nSPS) is 14.7. The highest BCUT2D eigenvalue weighted by molar-refractivity contribution is 6.31. The lowest BCUT2D eigenvalue weighted by molar-refractivity contribution is 0.0915. The Bertz CT molecular complexity index is 1220. The minimum absolute atomic E-state index is 0.171. The molecule has 1 amide bonds. The summed E-state index contributed by atoms with van der Waals surface area (Å²) in [6, 6.07) is 19.3. The average Bonchev–Trinajstić information content (AvgIpc) is 3.46. The van der Waals surface area contributed by atoms with Crippen LogP contribution in [0.3, 0.4) is 0 Å². The molecular formula is C26H25ClN2O3. The SMILES string of the molecule is O=C(NCC1CCNCC1)c1ccc(Cc2cc(Cl)cc3cc(-c4ccccc4)oc23)o1. The maximum Gasteiger partial charge on any atom is 0.287 e. The van der Waals surface area contributed by atoms with Crippen LogP contribution in [-0.2, 0) is 6.42 Å². The highest BCUT2D eigenvalue weighted by atomic mass is 35.5. The number of nitrogens with one attached hydrogen (secondary N) is 2. The lowest BCUT2D eigenvalue weighted by atomic mass is 9.98. The van der Waals surface area contributed by atoms with E-state index in [2.05, 4.69) is 10.6 Å². The molecule has 32 heavy (non-hydrogen) atoms. The Morgan fingerprint density at radius 2 is 1.84 bits per heavy atom. The Balaban J connectivity index is 1.33. The van der Waals surface area contributed by atoms with Crippen molar-refractivity contribution in [2.75, 3.05) is 19.6 Å². The van der Waals surface area contributed by atoms with Crippen LogP contribution in [0.15, 0.2) is 69.5 Å². The predicted octanol–water partition coefficient (Wildman–Crippen LogP) is 5.67. The van der Waals surface area contributed by atoms with E-state index in [1.54, 1.807) is 6.07 Å². The molecule has 0 atom stereocenters. The number of hydrogen-bond acceptors (Lipinski definition) is 4. The van der Waals surface area contributed by atoms with Gasteiger partial charge in [-0.25, -0.2) is 0 Å². The molecule has 0 radical (unpaired) electrons. The molecular weight excluding hydrogens is 424 g/mol. The predicted molar refractivity (Wildman–Crippen MR) is 126 cm³/mol. The second kappa shape index (κ2) is 9.23.